The summed E-state index contributed by atoms with van der Waals surface area (Å²) >= 11 is 0. The molecule has 0 saturated heterocycles. The maximum atomic E-state index is 11.9. The van der Waals surface area contributed by atoms with Crippen LogP contribution in [-0.2, 0) is 6.54 Å². The van der Waals surface area contributed by atoms with E-state index in [4.69, 9.17) is 4.42 Å². The van der Waals surface area contributed by atoms with Gasteiger partial charge in [-0.1, -0.05) is 6.07 Å². The summed E-state index contributed by atoms with van der Waals surface area (Å²) in [4.78, 5) is 21.8. The van der Waals surface area contributed by atoms with Gasteiger partial charge in [-0.3, -0.25) is 14.9 Å². The number of nitrogens with zero attached hydrogens (tertiary/aromatic N) is 1. The molecule has 1 amide bonds. The zero-order chi connectivity index (χ0) is 14.7. The number of carbonyl (C=O) groups excluding carboxylic acids is 1. The number of aryl methyl sites for hydroxylation is 1. The van der Waals surface area contributed by atoms with Gasteiger partial charge < -0.3 is 14.8 Å². The lowest BCUT2D eigenvalue weighted by Gasteiger charge is -2.05. The quantitative estimate of drug-likeness (QED) is 0.657. The highest BCUT2D eigenvalue weighted by Gasteiger charge is 2.20. The van der Waals surface area contributed by atoms with Crippen LogP contribution in [0.25, 0.3) is 0 Å². The number of phenols is 1. The van der Waals surface area contributed by atoms with Crippen molar-refractivity contribution in [3.63, 3.8) is 0 Å². The average molecular weight is 276 g/mol. The number of phenolic OH excluding ortho intramolecular Hbond substituents is 1. The topological polar surface area (TPSA) is 106 Å². The van der Waals surface area contributed by atoms with Crippen LogP contribution < -0.4 is 5.32 Å². The number of hydrogen-bond acceptors (Lipinski definition) is 5. The highest BCUT2D eigenvalue weighted by atomic mass is 16.6. The van der Waals surface area contributed by atoms with Gasteiger partial charge in [0.05, 0.1) is 17.0 Å². The minimum absolute atomic E-state index is 0.134. The molecule has 0 unspecified atom stereocenters. The minimum atomic E-state index is -0.748. The van der Waals surface area contributed by atoms with Crippen LogP contribution in [0.2, 0.25) is 0 Å². The lowest BCUT2D eigenvalue weighted by molar-refractivity contribution is -0.385. The lowest BCUT2D eigenvalue weighted by Crippen LogP contribution is -2.22. The fourth-order valence-corrected chi connectivity index (χ4v) is 1.70. The molecule has 104 valence electrons. The van der Waals surface area contributed by atoms with Gasteiger partial charge in [0, 0.05) is 6.07 Å². The van der Waals surface area contributed by atoms with Crippen molar-refractivity contribution in [3.05, 3.63) is 57.5 Å². The Morgan fingerprint density at radius 3 is 2.75 bits per heavy atom. The smallest absolute Gasteiger partial charge is 0.311 e. The maximum Gasteiger partial charge on any atom is 0.311 e. The number of para-hydroxylation sites is 1. The number of nitro groups is 1. The first-order valence-corrected chi connectivity index (χ1v) is 5.79. The van der Waals surface area contributed by atoms with Crippen LogP contribution in [0.5, 0.6) is 5.75 Å². The van der Waals surface area contributed by atoms with Gasteiger partial charge in [-0.25, -0.2) is 0 Å². The van der Waals surface area contributed by atoms with Crippen LogP contribution in [0.4, 0.5) is 5.69 Å². The third kappa shape index (κ3) is 2.77. The van der Waals surface area contributed by atoms with E-state index in [1.165, 1.54) is 12.1 Å². The number of benzene rings is 1. The molecule has 7 heteroatoms. The molecular weight excluding hydrogens is 264 g/mol. The summed E-state index contributed by atoms with van der Waals surface area (Å²) in [5.74, 6) is 0.0131. The molecular formula is C13H12N2O5. The highest BCUT2D eigenvalue weighted by Crippen LogP contribution is 2.29. The van der Waals surface area contributed by atoms with E-state index in [9.17, 15) is 20.0 Å². The van der Waals surface area contributed by atoms with E-state index in [-0.39, 0.29) is 12.1 Å². The monoisotopic (exact) mass is 276 g/mol. The Hall–Kier alpha value is -2.83. The summed E-state index contributed by atoms with van der Waals surface area (Å²) in [5, 5.41) is 22.9. The molecule has 0 aliphatic heterocycles. The van der Waals surface area contributed by atoms with Gasteiger partial charge in [0.15, 0.2) is 0 Å². The van der Waals surface area contributed by atoms with Gasteiger partial charge in [0.1, 0.15) is 11.5 Å². The van der Waals surface area contributed by atoms with E-state index in [1.54, 1.807) is 19.1 Å². The van der Waals surface area contributed by atoms with Crippen molar-refractivity contribution in [1.82, 2.24) is 5.32 Å². The van der Waals surface area contributed by atoms with Crippen molar-refractivity contribution >= 4 is 11.6 Å². The molecule has 0 spiro atoms. The summed E-state index contributed by atoms with van der Waals surface area (Å²) in [6.45, 7) is 1.91. The normalized spacial score (nSPS) is 10.2. The van der Waals surface area contributed by atoms with E-state index in [2.05, 4.69) is 5.32 Å². The van der Waals surface area contributed by atoms with Crippen LogP contribution in [0, 0.1) is 17.0 Å². The van der Waals surface area contributed by atoms with Gasteiger partial charge >= 0.3 is 5.69 Å². The molecule has 1 aromatic heterocycles. The lowest BCUT2D eigenvalue weighted by atomic mass is 10.1. The molecule has 2 rings (SSSR count). The number of amides is 1. The molecule has 0 bridgehead atoms. The third-order valence-electron chi connectivity index (χ3n) is 2.68. The predicted molar refractivity (Wildman–Crippen MR) is 69.4 cm³/mol. The van der Waals surface area contributed by atoms with E-state index in [0.29, 0.717) is 11.5 Å². The fourth-order valence-electron chi connectivity index (χ4n) is 1.70. The molecule has 7 nitrogen and oxygen atoms in total. The number of aromatic hydroxyl groups is 1. The second-order valence-electron chi connectivity index (χ2n) is 4.13. The Morgan fingerprint density at radius 2 is 2.15 bits per heavy atom. The van der Waals surface area contributed by atoms with E-state index < -0.39 is 22.3 Å². The van der Waals surface area contributed by atoms with E-state index in [1.807, 2.05) is 0 Å². The molecule has 0 radical (unpaired) electrons. The zero-order valence-corrected chi connectivity index (χ0v) is 10.6. The molecule has 0 aliphatic rings. The van der Waals surface area contributed by atoms with Crippen molar-refractivity contribution < 1.29 is 19.2 Å². The summed E-state index contributed by atoms with van der Waals surface area (Å²) in [7, 11) is 0. The van der Waals surface area contributed by atoms with Crippen LogP contribution in [0.3, 0.4) is 0 Å². The van der Waals surface area contributed by atoms with Gasteiger partial charge in [0.2, 0.25) is 5.75 Å². The van der Waals surface area contributed by atoms with Gasteiger partial charge in [0.25, 0.3) is 5.91 Å². The number of carbonyl (C=O) groups is 1. The van der Waals surface area contributed by atoms with E-state index in [0.717, 1.165) is 6.07 Å². The van der Waals surface area contributed by atoms with Gasteiger partial charge in [-0.05, 0) is 25.1 Å². The number of nitrogens with one attached hydrogen (secondary N) is 1. The molecule has 1 heterocycles. The highest BCUT2D eigenvalue weighted by molar-refractivity contribution is 5.97. The van der Waals surface area contributed by atoms with Crippen molar-refractivity contribution in [2.45, 2.75) is 13.5 Å². The number of nitro benzene ring substituents is 1. The third-order valence-corrected chi connectivity index (χ3v) is 2.68. The van der Waals surface area contributed by atoms with Crippen molar-refractivity contribution in [3.8, 4) is 5.75 Å². The van der Waals surface area contributed by atoms with Crippen molar-refractivity contribution in [2.24, 2.45) is 0 Å². The minimum Gasteiger partial charge on any atom is -0.502 e. The first-order chi connectivity index (χ1) is 9.49. The van der Waals surface area contributed by atoms with Gasteiger partial charge in [-0.15, -0.1) is 0 Å². The number of hydrogen-bond donors (Lipinski definition) is 2. The summed E-state index contributed by atoms with van der Waals surface area (Å²) in [6.07, 6.45) is 0. The Kier molecular flexibility index (Phi) is 3.69. The second kappa shape index (κ2) is 5.43. The largest absolute Gasteiger partial charge is 0.502 e. The number of rotatable bonds is 4. The standard InChI is InChI=1S/C13H12N2O5/c1-8-5-6-9(20-8)7-14-13(17)10-3-2-4-11(12(10)16)15(18)19/h2-6,16H,7H2,1H3,(H,14,17). The molecule has 0 atom stereocenters. The maximum absolute atomic E-state index is 11.9. The summed E-state index contributed by atoms with van der Waals surface area (Å²) < 4.78 is 5.28. The fraction of sp³-hybridized carbons (Fsp3) is 0.154. The molecule has 1 aromatic carbocycles. The first kappa shape index (κ1) is 13.6. The second-order valence-corrected chi connectivity index (χ2v) is 4.13. The average Bonchev–Trinajstić information content (AvgIpc) is 2.81. The Balaban J connectivity index is 2.13. The SMILES string of the molecule is Cc1ccc(CNC(=O)c2cccc([N+](=O)[O-])c2O)o1. The Morgan fingerprint density at radius 1 is 1.40 bits per heavy atom. The predicted octanol–water partition coefficient (Wildman–Crippen LogP) is 2.13. The summed E-state index contributed by atoms with van der Waals surface area (Å²) in [6, 6.07) is 7.24. The molecule has 0 aliphatic carbocycles. The van der Waals surface area contributed by atoms with Crippen molar-refractivity contribution in [1.29, 1.82) is 0 Å². The Bertz CT molecular complexity index is 663. The van der Waals surface area contributed by atoms with Gasteiger partial charge in [-0.2, -0.15) is 0 Å². The molecule has 20 heavy (non-hydrogen) atoms. The number of furan rings is 1. The summed E-state index contributed by atoms with van der Waals surface area (Å²) in [5.41, 5.74) is -0.658. The first-order valence-electron chi connectivity index (χ1n) is 5.79. The molecule has 0 fully saturated rings. The van der Waals surface area contributed by atoms with Crippen LogP contribution in [-0.4, -0.2) is 15.9 Å². The molecule has 2 aromatic rings. The zero-order valence-electron chi connectivity index (χ0n) is 10.6. The molecule has 2 N–H and O–H groups in total. The van der Waals surface area contributed by atoms with Crippen LogP contribution in [0.1, 0.15) is 21.9 Å². The van der Waals surface area contributed by atoms with Crippen molar-refractivity contribution in [2.75, 3.05) is 0 Å². The van der Waals surface area contributed by atoms with Crippen LogP contribution in [0.15, 0.2) is 34.7 Å². The van der Waals surface area contributed by atoms with Crippen LogP contribution >= 0.6 is 0 Å². The van der Waals surface area contributed by atoms with E-state index >= 15 is 0 Å². The molecule has 0 saturated carbocycles. The Labute approximate surface area is 114 Å².